The summed E-state index contributed by atoms with van der Waals surface area (Å²) in [5.74, 6) is -0.0682. The Morgan fingerprint density at radius 1 is 1.12 bits per heavy atom. The summed E-state index contributed by atoms with van der Waals surface area (Å²) in [6.07, 6.45) is 1.27. The fourth-order valence-corrected chi connectivity index (χ4v) is 2.63. The van der Waals surface area contributed by atoms with Crippen LogP contribution in [0.15, 0.2) is 0 Å². The highest BCUT2D eigenvalue weighted by Crippen LogP contribution is 2.42. The Morgan fingerprint density at radius 2 is 1.81 bits per heavy atom. The van der Waals surface area contributed by atoms with Gasteiger partial charge in [-0.2, -0.15) is 0 Å². The van der Waals surface area contributed by atoms with Crippen molar-refractivity contribution < 1.29 is 18.9 Å². The standard InChI is InChI=1S/C10H16O4.C2H6/c1-2-7-5-11-9-8(7)12-6-10(9)13-3-4-14-10;1-2/h7-9H,2-6H2,1H3;1-2H3. The van der Waals surface area contributed by atoms with Crippen molar-refractivity contribution in [3.8, 4) is 0 Å². The van der Waals surface area contributed by atoms with Crippen molar-refractivity contribution in [3.63, 3.8) is 0 Å². The first kappa shape index (κ1) is 12.3. The van der Waals surface area contributed by atoms with Crippen LogP contribution < -0.4 is 0 Å². The lowest BCUT2D eigenvalue weighted by Crippen LogP contribution is -2.44. The Balaban J connectivity index is 0.000000457. The van der Waals surface area contributed by atoms with Crippen LogP contribution in [0.3, 0.4) is 0 Å². The van der Waals surface area contributed by atoms with Crippen molar-refractivity contribution in [2.75, 3.05) is 26.4 Å². The van der Waals surface area contributed by atoms with Crippen LogP contribution in [0.5, 0.6) is 0 Å². The molecule has 0 saturated carbocycles. The molecule has 16 heavy (non-hydrogen) atoms. The molecule has 0 aromatic heterocycles. The molecule has 3 unspecified atom stereocenters. The number of hydrogen-bond donors (Lipinski definition) is 0. The minimum Gasteiger partial charge on any atom is -0.369 e. The van der Waals surface area contributed by atoms with Crippen LogP contribution in [0.4, 0.5) is 0 Å². The van der Waals surface area contributed by atoms with Crippen molar-refractivity contribution in [2.45, 2.75) is 45.2 Å². The van der Waals surface area contributed by atoms with Crippen LogP contribution >= 0.6 is 0 Å². The second kappa shape index (κ2) is 5.00. The minimum absolute atomic E-state index is 0.00468. The first-order valence-corrected chi connectivity index (χ1v) is 6.37. The SMILES string of the molecule is CC.CCC1COC2C1OCC21OCCO1. The fourth-order valence-electron chi connectivity index (χ4n) is 2.63. The molecule has 0 N–H and O–H groups in total. The molecule has 3 fully saturated rings. The minimum atomic E-state index is -0.575. The van der Waals surface area contributed by atoms with Gasteiger partial charge in [-0.3, -0.25) is 0 Å². The van der Waals surface area contributed by atoms with Crippen molar-refractivity contribution in [3.05, 3.63) is 0 Å². The Labute approximate surface area is 97.2 Å². The smallest absolute Gasteiger partial charge is 0.221 e. The lowest BCUT2D eigenvalue weighted by atomic mass is 9.97. The maximum atomic E-state index is 5.74. The lowest BCUT2D eigenvalue weighted by molar-refractivity contribution is -0.206. The summed E-state index contributed by atoms with van der Waals surface area (Å²) in [5.41, 5.74) is 0. The van der Waals surface area contributed by atoms with Gasteiger partial charge in [-0.05, 0) is 6.42 Å². The van der Waals surface area contributed by atoms with E-state index in [9.17, 15) is 0 Å². The van der Waals surface area contributed by atoms with Gasteiger partial charge in [-0.25, -0.2) is 0 Å². The van der Waals surface area contributed by atoms with Gasteiger partial charge >= 0.3 is 0 Å². The quantitative estimate of drug-likeness (QED) is 0.685. The molecular formula is C12H22O4. The monoisotopic (exact) mass is 230 g/mol. The van der Waals surface area contributed by atoms with E-state index in [1.807, 2.05) is 13.8 Å². The Hall–Kier alpha value is -0.160. The molecule has 0 bridgehead atoms. The van der Waals surface area contributed by atoms with E-state index in [4.69, 9.17) is 18.9 Å². The van der Waals surface area contributed by atoms with E-state index in [2.05, 4.69) is 6.92 Å². The number of hydrogen-bond acceptors (Lipinski definition) is 4. The van der Waals surface area contributed by atoms with Gasteiger partial charge in [0, 0.05) is 5.92 Å². The largest absolute Gasteiger partial charge is 0.369 e. The summed E-state index contributed by atoms with van der Waals surface area (Å²) in [4.78, 5) is 0. The van der Waals surface area contributed by atoms with E-state index in [0.717, 1.165) is 13.0 Å². The van der Waals surface area contributed by atoms with Crippen LogP contribution in [-0.4, -0.2) is 44.4 Å². The van der Waals surface area contributed by atoms with Crippen molar-refractivity contribution in [1.29, 1.82) is 0 Å². The summed E-state index contributed by atoms with van der Waals surface area (Å²) in [7, 11) is 0. The molecule has 1 spiro atoms. The molecule has 3 heterocycles. The van der Waals surface area contributed by atoms with E-state index in [1.165, 1.54) is 0 Å². The second-order valence-electron chi connectivity index (χ2n) is 4.21. The molecule has 0 aliphatic carbocycles. The van der Waals surface area contributed by atoms with E-state index in [0.29, 0.717) is 25.7 Å². The average Bonchev–Trinajstić information content (AvgIpc) is 3.03. The molecule has 3 rings (SSSR count). The Morgan fingerprint density at radius 3 is 2.44 bits per heavy atom. The van der Waals surface area contributed by atoms with Gasteiger partial charge in [-0.15, -0.1) is 0 Å². The summed E-state index contributed by atoms with van der Waals surface area (Å²) in [6, 6.07) is 0. The van der Waals surface area contributed by atoms with Crippen LogP contribution in [0, 0.1) is 5.92 Å². The Bertz CT molecular complexity index is 225. The van der Waals surface area contributed by atoms with E-state index < -0.39 is 5.79 Å². The molecule has 3 aliphatic rings. The maximum absolute atomic E-state index is 5.74. The van der Waals surface area contributed by atoms with Crippen LogP contribution in [0.1, 0.15) is 27.2 Å². The normalized spacial score (nSPS) is 39.6. The van der Waals surface area contributed by atoms with Gasteiger partial charge < -0.3 is 18.9 Å². The third-order valence-corrected chi connectivity index (χ3v) is 3.46. The van der Waals surface area contributed by atoms with E-state index in [-0.39, 0.29) is 12.2 Å². The van der Waals surface area contributed by atoms with E-state index in [1.54, 1.807) is 0 Å². The zero-order valence-electron chi connectivity index (χ0n) is 10.4. The highest BCUT2D eigenvalue weighted by Gasteiger charge is 2.59. The number of fused-ring (bicyclic) bond motifs is 2. The molecule has 3 atom stereocenters. The van der Waals surface area contributed by atoms with Gasteiger partial charge in [0.15, 0.2) is 0 Å². The van der Waals surface area contributed by atoms with Gasteiger partial charge in [0.05, 0.1) is 25.9 Å². The van der Waals surface area contributed by atoms with Gasteiger partial charge in [0.25, 0.3) is 0 Å². The molecule has 0 amide bonds. The zero-order valence-corrected chi connectivity index (χ0v) is 10.4. The van der Waals surface area contributed by atoms with Gasteiger partial charge in [0.2, 0.25) is 5.79 Å². The van der Waals surface area contributed by atoms with Gasteiger partial charge in [-0.1, -0.05) is 20.8 Å². The molecule has 0 aromatic carbocycles. The predicted molar refractivity (Wildman–Crippen MR) is 59.2 cm³/mol. The topological polar surface area (TPSA) is 36.9 Å². The van der Waals surface area contributed by atoms with Crippen LogP contribution in [-0.2, 0) is 18.9 Å². The third-order valence-electron chi connectivity index (χ3n) is 3.46. The average molecular weight is 230 g/mol. The van der Waals surface area contributed by atoms with Crippen molar-refractivity contribution in [2.24, 2.45) is 5.92 Å². The molecule has 4 nitrogen and oxygen atoms in total. The fraction of sp³-hybridized carbons (Fsp3) is 1.00. The molecule has 94 valence electrons. The van der Waals surface area contributed by atoms with Crippen LogP contribution in [0.25, 0.3) is 0 Å². The first-order valence-electron chi connectivity index (χ1n) is 6.37. The number of rotatable bonds is 1. The molecular weight excluding hydrogens is 208 g/mol. The zero-order chi connectivity index (χ0) is 11.6. The molecule has 0 radical (unpaired) electrons. The third kappa shape index (κ3) is 1.78. The summed E-state index contributed by atoms with van der Waals surface area (Å²) in [6.45, 7) is 8.79. The molecule has 3 saturated heterocycles. The van der Waals surface area contributed by atoms with Gasteiger partial charge in [0.1, 0.15) is 12.7 Å². The van der Waals surface area contributed by atoms with Crippen LogP contribution in [0.2, 0.25) is 0 Å². The first-order chi connectivity index (χ1) is 7.86. The summed E-state index contributed by atoms with van der Waals surface area (Å²) < 4.78 is 22.8. The molecule has 3 aliphatic heterocycles. The van der Waals surface area contributed by atoms with Crippen molar-refractivity contribution >= 4 is 0 Å². The summed E-state index contributed by atoms with van der Waals surface area (Å²) >= 11 is 0. The summed E-state index contributed by atoms with van der Waals surface area (Å²) in [5, 5.41) is 0. The predicted octanol–water partition coefficient (Wildman–Crippen LogP) is 1.58. The Kier molecular flexibility index (Phi) is 3.85. The van der Waals surface area contributed by atoms with E-state index >= 15 is 0 Å². The molecule has 4 heteroatoms. The highest BCUT2D eigenvalue weighted by molar-refractivity contribution is 5.00. The van der Waals surface area contributed by atoms with Crippen molar-refractivity contribution in [1.82, 2.24) is 0 Å². The highest BCUT2D eigenvalue weighted by atomic mass is 16.8. The molecule has 0 aromatic rings. The second-order valence-corrected chi connectivity index (χ2v) is 4.21. The maximum Gasteiger partial charge on any atom is 0.221 e. The lowest BCUT2D eigenvalue weighted by Gasteiger charge is -2.25. The number of ether oxygens (including phenoxy) is 4.